The van der Waals surface area contributed by atoms with E-state index in [0.717, 1.165) is 11.4 Å². The molecular formula is C22H23FN4O2. The van der Waals surface area contributed by atoms with Crippen LogP contribution in [-0.4, -0.2) is 29.0 Å². The molecule has 2 aromatic carbocycles. The second-order valence-electron chi connectivity index (χ2n) is 6.37. The van der Waals surface area contributed by atoms with Crippen LogP contribution in [0.3, 0.4) is 0 Å². The SMILES string of the molecule is CCOc1ccc(Nc2cc(C(=O)NCCc3ccccc3F)nc(C)n2)cc1. The van der Waals surface area contributed by atoms with Crippen molar-refractivity contribution in [1.82, 2.24) is 15.3 Å². The van der Waals surface area contributed by atoms with Crippen LogP contribution in [0.1, 0.15) is 28.8 Å². The zero-order valence-corrected chi connectivity index (χ0v) is 16.4. The molecule has 1 heterocycles. The molecule has 7 heteroatoms. The molecule has 0 bridgehead atoms. The van der Waals surface area contributed by atoms with E-state index in [2.05, 4.69) is 20.6 Å². The molecule has 150 valence electrons. The summed E-state index contributed by atoms with van der Waals surface area (Å²) in [7, 11) is 0. The highest BCUT2D eigenvalue weighted by Gasteiger charge is 2.11. The molecule has 6 nitrogen and oxygen atoms in total. The van der Waals surface area contributed by atoms with Gasteiger partial charge in [-0.2, -0.15) is 0 Å². The van der Waals surface area contributed by atoms with Gasteiger partial charge in [-0.05, 0) is 56.2 Å². The minimum atomic E-state index is -0.332. The number of carbonyl (C=O) groups is 1. The molecule has 0 saturated carbocycles. The Hall–Kier alpha value is -3.48. The van der Waals surface area contributed by atoms with Crippen LogP contribution in [0.5, 0.6) is 5.75 Å². The highest BCUT2D eigenvalue weighted by Crippen LogP contribution is 2.19. The molecule has 2 N–H and O–H groups in total. The Labute approximate surface area is 169 Å². The second-order valence-corrected chi connectivity index (χ2v) is 6.37. The highest BCUT2D eigenvalue weighted by molar-refractivity contribution is 5.93. The van der Waals surface area contributed by atoms with Crippen LogP contribution in [0.4, 0.5) is 15.9 Å². The fourth-order valence-corrected chi connectivity index (χ4v) is 2.80. The lowest BCUT2D eigenvalue weighted by molar-refractivity contribution is 0.0948. The number of aryl methyl sites for hydroxylation is 1. The quantitative estimate of drug-likeness (QED) is 0.603. The molecule has 0 radical (unpaired) electrons. The average molecular weight is 394 g/mol. The molecule has 0 saturated heterocycles. The number of hydrogen-bond acceptors (Lipinski definition) is 5. The van der Waals surface area contributed by atoms with Crippen LogP contribution < -0.4 is 15.4 Å². The highest BCUT2D eigenvalue weighted by atomic mass is 19.1. The van der Waals surface area contributed by atoms with Crippen LogP contribution in [0, 0.1) is 12.7 Å². The summed E-state index contributed by atoms with van der Waals surface area (Å²) in [6.45, 7) is 4.57. The number of benzene rings is 2. The monoisotopic (exact) mass is 394 g/mol. The van der Waals surface area contributed by atoms with E-state index in [4.69, 9.17) is 4.74 Å². The summed E-state index contributed by atoms with van der Waals surface area (Å²) in [5, 5.41) is 5.94. The van der Waals surface area contributed by atoms with Gasteiger partial charge in [-0.3, -0.25) is 4.79 Å². The van der Waals surface area contributed by atoms with Crippen molar-refractivity contribution in [3.63, 3.8) is 0 Å². The number of carbonyl (C=O) groups excluding carboxylic acids is 1. The van der Waals surface area contributed by atoms with Gasteiger partial charge in [0.05, 0.1) is 6.61 Å². The largest absolute Gasteiger partial charge is 0.494 e. The molecule has 0 unspecified atom stereocenters. The molecule has 1 amide bonds. The van der Waals surface area contributed by atoms with Gasteiger partial charge in [0.25, 0.3) is 5.91 Å². The number of amides is 1. The molecule has 0 fully saturated rings. The molecule has 0 aliphatic heterocycles. The fraction of sp³-hybridized carbons (Fsp3) is 0.227. The summed E-state index contributed by atoms with van der Waals surface area (Å²) in [4.78, 5) is 21.0. The molecule has 0 aliphatic rings. The van der Waals surface area contributed by atoms with Gasteiger partial charge < -0.3 is 15.4 Å². The topological polar surface area (TPSA) is 76.1 Å². The van der Waals surface area contributed by atoms with E-state index in [1.54, 1.807) is 31.2 Å². The average Bonchev–Trinajstić information content (AvgIpc) is 2.70. The Kier molecular flexibility index (Phi) is 6.73. The summed E-state index contributed by atoms with van der Waals surface area (Å²) in [5.74, 6) is 1.16. The zero-order chi connectivity index (χ0) is 20.6. The van der Waals surface area contributed by atoms with Crippen molar-refractivity contribution in [3.05, 3.63) is 77.5 Å². The maximum absolute atomic E-state index is 13.7. The number of ether oxygens (including phenoxy) is 1. The number of aromatic nitrogens is 2. The number of anilines is 2. The van der Waals surface area contributed by atoms with Crippen LogP contribution in [0.15, 0.2) is 54.6 Å². The smallest absolute Gasteiger partial charge is 0.270 e. The van der Waals surface area contributed by atoms with Crippen molar-refractivity contribution in [3.8, 4) is 5.75 Å². The first-order valence-corrected chi connectivity index (χ1v) is 9.42. The first kappa shape index (κ1) is 20.3. The normalized spacial score (nSPS) is 10.4. The predicted molar refractivity (Wildman–Crippen MR) is 110 cm³/mol. The summed E-state index contributed by atoms with van der Waals surface area (Å²) in [6.07, 6.45) is 0.403. The van der Waals surface area contributed by atoms with Gasteiger partial charge in [-0.25, -0.2) is 14.4 Å². The number of hydrogen-bond donors (Lipinski definition) is 2. The van der Waals surface area contributed by atoms with Crippen molar-refractivity contribution in [2.24, 2.45) is 0 Å². The molecule has 0 atom stereocenters. The summed E-state index contributed by atoms with van der Waals surface area (Å²) >= 11 is 0. The first-order valence-electron chi connectivity index (χ1n) is 9.42. The Balaban J connectivity index is 1.63. The van der Waals surface area contributed by atoms with E-state index < -0.39 is 0 Å². The Morgan fingerprint density at radius 1 is 1.10 bits per heavy atom. The lowest BCUT2D eigenvalue weighted by Crippen LogP contribution is -2.27. The van der Waals surface area contributed by atoms with Crippen LogP contribution in [0.25, 0.3) is 0 Å². The Morgan fingerprint density at radius 3 is 2.59 bits per heavy atom. The molecular weight excluding hydrogens is 371 g/mol. The standard InChI is InChI=1S/C22H23FN4O2/c1-3-29-18-10-8-17(9-11-18)27-21-14-20(25-15(2)26-21)22(28)24-13-12-16-6-4-5-7-19(16)23/h4-11,14H,3,12-13H2,1-2H3,(H,24,28)(H,25,26,27). The Morgan fingerprint density at radius 2 is 1.86 bits per heavy atom. The van der Waals surface area contributed by atoms with Crippen molar-refractivity contribution in [2.75, 3.05) is 18.5 Å². The van der Waals surface area contributed by atoms with Gasteiger partial charge in [0.15, 0.2) is 0 Å². The van der Waals surface area contributed by atoms with Crippen LogP contribution in [-0.2, 0) is 6.42 Å². The second kappa shape index (κ2) is 9.64. The maximum Gasteiger partial charge on any atom is 0.270 e. The third kappa shape index (κ3) is 5.75. The van der Waals surface area contributed by atoms with Gasteiger partial charge in [-0.1, -0.05) is 18.2 Å². The summed E-state index contributed by atoms with van der Waals surface area (Å²) in [6, 6.07) is 15.6. The maximum atomic E-state index is 13.7. The van der Waals surface area contributed by atoms with E-state index in [1.165, 1.54) is 6.07 Å². The lowest BCUT2D eigenvalue weighted by atomic mass is 10.1. The molecule has 29 heavy (non-hydrogen) atoms. The minimum absolute atomic E-state index is 0.250. The number of rotatable bonds is 8. The first-order chi connectivity index (χ1) is 14.0. The minimum Gasteiger partial charge on any atom is -0.494 e. The van der Waals surface area contributed by atoms with Crippen molar-refractivity contribution in [1.29, 1.82) is 0 Å². The third-order valence-electron chi connectivity index (χ3n) is 4.15. The molecule has 3 rings (SSSR count). The van der Waals surface area contributed by atoms with Gasteiger partial charge >= 0.3 is 0 Å². The van der Waals surface area contributed by atoms with E-state index in [0.29, 0.717) is 36.8 Å². The molecule has 1 aromatic heterocycles. The number of halogens is 1. The number of nitrogens with one attached hydrogen (secondary N) is 2. The molecule has 0 spiro atoms. The molecule has 3 aromatic rings. The summed E-state index contributed by atoms with van der Waals surface area (Å²) in [5.41, 5.74) is 1.63. The van der Waals surface area contributed by atoms with Gasteiger partial charge in [0, 0.05) is 18.3 Å². The van der Waals surface area contributed by atoms with Gasteiger partial charge in [0.2, 0.25) is 0 Å². The predicted octanol–water partition coefficient (Wildman–Crippen LogP) is 4.04. The van der Waals surface area contributed by atoms with Crippen molar-refractivity contribution < 1.29 is 13.9 Å². The summed E-state index contributed by atoms with van der Waals surface area (Å²) < 4.78 is 19.1. The van der Waals surface area contributed by atoms with Crippen molar-refractivity contribution in [2.45, 2.75) is 20.3 Å². The van der Waals surface area contributed by atoms with E-state index in [1.807, 2.05) is 31.2 Å². The van der Waals surface area contributed by atoms with Gasteiger partial charge in [0.1, 0.15) is 28.9 Å². The fourth-order valence-electron chi connectivity index (χ4n) is 2.80. The zero-order valence-electron chi connectivity index (χ0n) is 16.4. The lowest BCUT2D eigenvalue weighted by Gasteiger charge is -2.10. The van der Waals surface area contributed by atoms with E-state index >= 15 is 0 Å². The van der Waals surface area contributed by atoms with Crippen LogP contribution in [0.2, 0.25) is 0 Å². The van der Waals surface area contributed by atoms with Gasteiger partial charge in [-0.15, -0.1) is 0 Å². The van der Waals surface area contributed by atoms with Crippen molar-refractivity contribution >= 4 is 17.4 Å². The van der Waals surface area contributed by atoms with Crippen LogP contribution >= 0.6 is 0 Å². The number of nitrogens with zero attached hydrogens (tertiary/aromatic N) is 2. The molecule has 0 aliphatic carbocycles. The van der Waals surface area contributed by atoms with E-state index in [-0.39, 0.29) is 17.4 Å². The van der Waals surface area contributed by atoms with E-state index in [9.17, 15) is 9.18 Å². The third-order valence-corrected chi connectivity index (χ3v) is 4.15. The Bertz CT molecular complexity index is 977.